The van der Waals surface area contributed by atoms with Crippen LogP contribution < -0.4 is 14.8 Å². The van der Waals surface area contributed by atoms with Gasteiger partial charge in [-0.15, -0.1) is 5.10 Å². The van der Waals surface area contributed by atoms with Gasteiger partial charge in [0.25, 0.3) is 5.91 Å². The van der Waals surface area contributed by atoms with Crippen LogP contribution in [0, 0.1) is 0 Å². The van der Waals surface area contributed by atoms with Crippen molar-refractivity contribution in [1.82, 2.24) is 10.2 Å². The van der Waals surface area contributed by atoms with Gasteiger partial charge in [0, 0.05) is 10.6 Å². The van der Waals surface area contributed by atoms with Crippen molar-refractivity contribution >= 4 is 35.1 Å². The van der Waals surface area contributed by atoms with Crippen LogP contribution in [0.5, 0.6) is 11.5 Å². The molecule has 0 spiro atoms. The van der Waals surface area contributed by atoms with Crippen molar-refractivity contribution in [1.29, 1.82) is 0 Å². The SMILES string of the molecule is O=C(Nc1nnc(-c2ccc3c(c2)OCCO3)o1)c1ccc(Cl)cc1Cl. The summed E-state index contributed by atoms with van der Waals surface area (Å²) < 4.78 is 16.5. The number of fused-ring (bicyclic) bond motifs is 1. The number of amides is 1. The van der Waals surface area contributed by atoms with E-state index in [1.54, 1.807) is 24.3 Å². The molecule has 3 aromatic rings. The monoisotopic (exact) mass is 391 g/mol. The standard InChI is InChI=1S/C17H11Cl2N3O4/c18-10-2-3-11(12(19)8-10)15(23)20-17-22-21-16(26-17)9-1-4-13-14(7-9)25-6-5-24-13/h1-4,7-8H,5-6H2,(H,20,22,23). The first-order valence-corrected chi connectivity index (χ1v) is 8.36. The molecular weight excluding hydrogens is 381 g/mol. The third-order valence-electron chi connectivity index (χ3n) is 3.61. The molecule has 2 aromatic carbocycles. The van der Waals surface area contributed by atoms with E-state index in [2.05, 4.69) is 15.5 Å². The van der Waals surface area contributed by atoms with Crippen molar-refractivity contribution in [2.24, 2.45) is 0 Å². The Kier molecular flexibility index (Phi) is 4.40. The van der Waals surface area contributed by atoms with Crippen molar-refractivity contribution in [3.05, 3.63) is 52.0 Å². The number of hydrogen-bond acceptors (Lipinski definition) is 6. The number of carbonyl (C=O) groups is 1. The molecule has 0 unspecified atom stereocenters. The molecule has 0 saturated heterocycles. The van der Waals surface area contributed by atoms with Gasteiger partial charge in [-0.1, -0.05) is 28.3 Å². The maximum Gasteiger partial charge on any atom is 0.322 e. The Morgan fingerprint density at radius 1 is 1.00 bits per heavy atom. The molecule has 0 aliphatic carbocycles. The molecule has 7 nitrogen and oxygen atoms in total. The number of halogens is 2. The molecule has 9 heteroatoms. The maximum absolute atomic E-state index is 12.3. The maximum atomic E-state index is 12.3. The van der Waals surface area contributed by atoms with Gasteiger partial charge in [-0.25, -0.2) is 0 Å². The van der Waals surface area contributed by atoms with E-state index in [-0.39, 0.29) is 22.5 Å². The second-order valence-electron chi connectivity index (χ2n) is 5.35. The molecule has 0 fully saturated rings. The van der Waals surface area contributed by atoms with Crippen molar-refractivity contribution < 1.29 is 18.7 Å². The zero-order valence-corrected chi connectivity index (χ0v) is 14.7. The summed E-state index contributed by atoms with van der Waals surface area (Å²) in [5.74, 6) is 1.01. The van der Waals surface area contributed by atoms with Gasteiger partial charge in [0.05, 0.1) is 10.6 Å². The summed E-state index contributed by atoms with van der Waals surface area (Å²) in [4.78, 5) is 12.3. The van der Waals surface area contributed by atoms with Crippen LogP contribution in [0.2, 0.25) is 10.0 Å². The molecule has 1 amide bonds. The molecule has 4 rings (SSSR count). The van der Waals surface area contributed by atoms with Gasteiger partial charge < -0.3 is 13.9 Å². The summed E-state index contributed by atoms with van der Waals surface area (Å²) in [7, 11) is 0. The molecule has 0 bridgehead atoms. The Balaban J connectivity index is 1.54. The number of hydrogen-bond donors (Lipinski definition) is 1. The number of aromatic nitrogens is 2. The third-order valence-corrected chi connectivity index (χ3v) is 4.16. The van der Waals surface area contributed by atoms with Gasteiger partial charge in [0.1, 0.15) is 13.2 Å². The summed E-state index contributed by atoms with van der Waals surface area (Å²) in [5.41, 5.74) is 0.891. The van der Waals surface area contributed by atoms with Gasteiger partial charge >= 0.3 is 6.01 Å². The van der Waals surface area contributed by atoms with E-state index in [9.17, 15) is 4.79 Å². The van der Waals surface area contributed by atoms with Gasteiger partial charge in [0.15, 0.2) is 11.5 Å². The van der Waals surface area contributed by atoms with Crippen LogP contribution in [0.3, 0.4) is 0 Å². The van der Waals surface area contributed by atoms with E-state index in [0.29, 0.717) is 35.3 Å². The average Bonchev–Trinajstić information content (AvgIpc) is 3.09. The summed E-state index contributed by atoms with van der Waals surface area (Å²) >= 11 is 11.8. The summed E-state index contributed by atoms with van der Waals surface area (Å²) in [6.45, 7) is 0.986. The van der Waals surface area contributed by atoms with E-state index >= 15 is 0 Å². The number of anilines is 1. The van der Waals surface area contributed by atoms with E-state index in [1.165, 1.54) is 12.1 Å². The van der Waals surface area contributed by atoms with Crippen LogP contribution in [-0.2, 0) is 0 Å². The largest absolute Gasteiger partial charge is 0.486 e. The van der Waals surface area contributed by atoms with Gasteiger partial charge in [-0.05, 0) is 36.4 Å². The van der Waals surface area contributed by atoms with Crippen molar-refractivity contribution in [2.75, 3.05) is 18.5 Å². The van der Waals surface area contributed by atoms with Crippen molar-refractivity contribution in [3.63, 3.8) is 0 Å². The molecule has 0 radical (unpaired) electrons. The molecule has 26 heavy (non-hydrogen) atoms. The normalized spacial score (nSPS) is 12.7. The molecule has 0 saturated carbocycles. The summed E-state index contributed by atoms with van der Waals surface area (Å²) in [6.07, 6.45) is 0. The van der Waals surface area contributed by atoms with Crippen molar-refractivity contribution in [2.45, 2.75) is 0 Å². The van der Waals surface area contributed by atoms with Crippen LogP contribution in [0.25, 0.3) is 11.5 Å². The summed E-state index contributed by atoms with van der Waals surface area (Å²) in [5, 5.41) is 10.9. The smallest absolute Gasteiger partial charge is 0.322 e. The molecule has 0 atom stereocenters. The second kappa shape index (κ2) is 6.86. The second-order valence-corrected chi connectivity index (χ2v) is 6.19. The lowest BCUT2D eigenvalue weighted by Crippen LogP contribution is -2.15. The number of carbonyl (C=O) groups excluding carboxylic acids is 1. The summed E-state index contributed by atoms with van der Waals surface area (Å²) in [6, 6.07) is 9.78. The zero-order valence-electron chi connectivity index (χ0n) is 13.2. The highest BCUT2D eigenvalue weighted by Crippen LogP contribution is 2.34. The van der Waals surface area contributed by atoms with E-state index in [4.69, 9.17) is 37.1 Å². The number of nitrogens with one attached hydrogen (secondary N) is 1. The first-order chi connectivity index (χ1) is 12.6. The van der Waals surface area contributed by atoms with Crippen molar-refractivity contribution in [3.8, 4) is 23.0 Å². The van der Waals surface area contributed by atoms with Gasteiger partial charge in [-0.3, -0.25) is 10.1 Å². The molecule has 132 valence electrons. The zero-order chi connectivity index (χ0) is 18.1. The predicted molar refractivity (Wildman–Crippen MR) is 95.1 cm³/mol. The predicted octanol–water partition coefficient (Wildman–Crippen LogP) is 4.07. The highest BCUT2D eigenvalue weighted by molar-refractivity contribution is 6.37. The Morgan fingerprint density at radius 2 is 1.81 bits per heavy atom. The fourth-order valence-electron chi connectivity index (χ4n) is 2.40. The molecule has 1 aliphatic heterocycles. The van der Waals surface area contributed by atoms with Crippen LogP contribution in [0.4, 0.5) is 6.01 Å². The Labute approximate surface area is 157 Å². The van der Waals surface area contributed by atoms with Crippen LogP contribution in [0.15, 0.2) is 40.8 Å². The van der Waals surface area contributed by atoms with E-state index in [0.717, 1.165) is 0 Å². The van der Waals surface area contributed by atoms with Gasteiger partial charge in [-0.2, -0.15) is 0 Å². The fourth-order valence-corrected chi connectivity index (χ4v) is 2.90. The molecule has 2 heterocycles. The lowest BCUT2D eigenvalue weighted by molar-refractivity contribution is 0.102. The highest BCUT2D eigenvalue weighted by atomic mass is 35.5. The molecule has 1 N–H and O–H groups in total. The lowest BCUT2D eigenvalue weighted by Gasteiger charge is -2.18. The minimum absolute atomic E-state index is 0.0501. The van der Waals surface area contributed by atoms with E-state index < -0.39 is 5.91 Å². The van der Waals surface area contributed by atoms with Crippen LogP contribution in [-0.4, -0.2) is 29.3 Å². The quantitative estimate of drug-likeness (QED) is 0.723. The van der Waals surface area contributed by atoms with E-state index in [1.807, 2.05) is 0 Å². The van der Waals surface area contributed by atoms with Crippen LogP contribution >= 0.6 is 23.2 Å². The average molecular weight is 392 g/mol. The van der Waals surface area contributed by atoms with Gasteiger partial charge in [0.2, 0.25) is 5.89 Å². The first kappa shape index (κ1) is 16.7. The third kappa shape index (κ3) is 3.31. The first-order valence-electron chi connectivity index (χ1n) is 7.60. The highest BCUT2D eigenvalue weighted by Gasteiger charge is 2.18. The molecule has 1 aliphatic rings. The topological polar surface area (TPSA) is 86.5 Å². The molecule has 1 aromatic heterocycles. The number of nitrogens with zero attached hydrogens (tertiary/aromatic N) is 2. The minimum atomic E-state index is -0.482. The molecular formula is C17H11Cl2N3O4. The Hall–Kier alpha value is -2.77. The van der Waals surface area contributed by atoms with Crippen LogP contribution in [0.1, 0.15) is 10.4 Å². The minimum Gasteiger partial charge on any atom is -0.486 e. The number of benzene rings is 2. The Morgan fingerprint density at radius 3 is 2.62 bits per heavy atom. The number of ether oxygens (including phenoxy) is 2. The number of rotatable bonds is 3. The fraction of sp³-hybridized carbons (Fsp3) is 0.118. The lowest BCUT2D eigenvalue weighted by atomic mass is 10.2. The Bertz CT molecular complexity index is 990.